The second-order valence-corrected chi connectivity index (χ2v) is 7.57. The number of nitrogens with one attached hydrogen (secondary N) is 1. The van der Waals surface area contributed by atoms with Crippen molar-refractivity contribution < 1.29 is 14.3 Å². The Hall–Kier alpha value is -4.39. The van der Waals surface area contributed by atoms with Gasteiger partial charge in [-0.3, -0.25) is 10.2 Å². The SMILES string of the molecule is COc1ccc([C@H]2C=C(c3ccccc3)NN2C(=O)COc2nncc3ccccc23)cc1. The first-order valence-electron chi connectivity index (χ1n) is 10.6. The first kappa shape index (κ1) is 20.5. The van der Waals surface area contributed by atoms with Crippen molar-refractivity contribution in [2.45, 2.75) is 6.04 Å². The molecule has 3 aromatic carbocycles. The number of hydrogen-bond donors (Lipinski definition) is 1. The van der Waals surface area contributed by atoms with Gasteiger partial charge in [-0.2, -0.15) is 5.10 Å². The van der Waals surface area contributed by atoms with Crippen LogP contribution in [-0.2, 0) is 4.79 Å². The van der Waals surface area contributed by atoms with Crippen LogP contribution in [0.15, 0.2) is 91.1 Å². The second kappa shape index (κ2) is 9.00. The minimum absolute atomic E-state index is 0.182. The molecule has 1 amide bonds. The van der Waals surface area contributed by atoms with E-state index < -0.39 is 0 Å². The van der Waals surface area contributed by atoms with Gasteiger partial charge < -0.3 is 9.47 Å². The molecule has 7 heteroatoms. The number of benzene rings is 3. The van der Waals surface area contributed by atoms with E-state index in [1.165, 1.54) is 0 Å². The molecule has 0 radical (unpaired) electrons. The summed E-state index contributed by atoms with van der Waals surface area (Å²) in [6.07, 6.45) is 3.70. The van der Waals surface area contributed by atoms with Gasteiger partial charge in [0.1, 0.15) is 5.75 Å². The van der Waals surface area contributed by atoms with Gasteiger partial charge in [0.2, 0.25) is 5.88 Å². The zero-order chi connectivity index (χ0) is 22.6. The number of carbonyl (C=O) groups is 1. The molecular weight excluding hydrogens is 416 g/mol. The van der Waals surface area contributed by atoms with Crippen LogP contribution in [0.2, 0.25) is 0 Å². The second-order valence-electron chi connectivity index (χ2n) is 7.57. The molecule has 0 saturated heterocycles. The minimum Gasteiger partial charge on any atom is -0.497 e. The molecule has 1 aromatic heterocycles. The van der Waals surface area contributed by atoms with Crippen LogP contribution in [0.1, 0.15) is 17.2 Å². The first-order valence-corrected chi connectivity index (χ1v) is 10.6. The number of hydrogen-bond acceptors (Lipinski definition) is 6. The number of nitrogens with zero attached hydrogens (tertiary/aromatic N) is 3. The Morgan fingerprint density at radius 3 is 2.55 bits per heavy atom. The lowest BCUT2D eigenvalue weighted by molar-refractivity contribution is -0.136. The molecule has 2 heterocycles. The van der Waals surface area contributed by atoms with Crippen LogP contribution in [0.5, 0.6) is 11.6 Å². The maximum Gasteiger partial charge on any atom is 0.279 e. The highest BCUT2D eigenvalue weighted by molar-refractivity contribution is 5.87. The van der Waals surface area contributed by atoms with E-state index in [1.54, 1.807) is 18.3 Å². The molecule has 7 nitrogen and oxygen atoms in total. The Kier molecular flexibility index (Phi) is 5.59. The standard InChI is InChI=1S/C26H22N4O3/c1-32-21-13-11-19(12-14-21)24-15-23(18-7-3-2-4-8-18)29-30(24)25(31)17-33-26-22-10-6-5-9-20(22)16-27-28-26/h2-16,24,29H,17H2,1H3/t24-/m1/s1. The number of carbonyl (C=O) groups excluding carboxylic acids is 1. The molecule has 0 fully saturated rings. The third-order valence-electron chi connectivity index (χ3n) is 5.52. The quantitative estimate of drug-likeness (QED) is 0.488. The lowest BCUT2D eigenvalue weighted by Crippen LogP contribution is -2.42. The van der Waals surface area contributed by atoms with Gasteiger partial charge in [-0.05, 0) is 35.4 Å². The highest BCUT2D eigenvalue weighted by atomic mass is 16.5. The Morgan fingerprint density at radius 2 is 1.76 bits per heavy atom. The molecule has 0 aliphatic carbocycles. The van der Waals surface area contributed by atoms with Crippen molar-refractivity contribution in [2.75, 3.05) is 13.7 Å². The highest BCUT2D eigenvalue weighted by Gasteiger charge is 2.31. The number of rotatable bonds is 6. The van der Waals surface area contributed by atoms with Crippen molar-refractivity contribution in [3.8, 4) is 11.6 Å². The topological polar surface area (TPSA) is 76.6 Å². The molecule has 0 saturated carbocycles. The van der Waals surface area contributed by atoms with E-state index in [4.69, 9.17) is 9.47 Å². The van der Waals surface area contributed by atoms with Crippen LogP contribution in [0.25, 0.3) is 16.5 Å². The summed E-state index contributed by atoms with van der Waals surface area (Å²) >= 11 is 0. The van der Waals surface area contributed by atoms with E-state index in [2.05, 4.69) is 15.6 Å². The molecule has 0 unspecified atom stereocenters. The molecule has 164 valence electrons. The van der Waals surface area contributed by atoms with Crippen molar-refractivity contribution in [1.29, 1.82) is 0 Å². The van der Waals surface area contributed by atoms with Crippen LogP contribution >= 0.6 is 0 Å². The van der Waals surface area contributed by atoms with E-state index in [-0.39, 0.29) is 18.6 Å². The van der Waals surface area contributed by atoms with E-state index in [0.29, 0.717) is 5.88 Å². The normalized spacial score (nSPS) is 15.1. The van der Waals surface area contributed by atoms with Crippen molar-refractivity contribution in [3.63, 3.8) is 0 Å². The fourth-order valence-corrected chi connectivity index (χ4v) is 3.82. The minimum atomic E-state index is -0.305. The van der Waals surface area contributed by atoms with Crippen molar-refractivity contribution in [2.24, 2.45) is 0 Å². The summed E-state index contributed by atoms with van der Waals surface area (Å²) in [6, 6.07) is 24.9. The molecule has 5 rings (SSSR count). The summed E-state index contributed by atoms with van der Waals surface area (Å²) in [6.45, 7) is -0.182. The van der Waals surface area contributed by atoms with Gasteiger partial charge in [-0.1, -0.05) is 60.7 Å². The van der Waals surface area contributed by atoms with Gasteiger partial charge in [-0.25, -0.2) is 5.01 Å². The molecule has 1 atom stereocenters. The monoisotopic (exact) mass is 438 g/mol. The fourth-order valence-electron chi connectivity index (χ4n) is 3.82. The average Bonchev–Trinajstić information content (AvgIpc) is 3.33. The summed E-state index contributed by atoms with van der Waals surface area (Å²) in [5.41, 5.74) is 6.06. The zero-order valence-corrected chi connectivity index (χ0v) is 18.0. The van der Waals surface area contributed by atoms with Crippen molar-refractivity contribution in [1.82, 2.24) is 20.6 Å². The van der Waals surface area contributed by atoms with Crippen LogP contribution in [0.4, 0.5) is 0 Å². The van der Waals surface area contributed by atoms with Crippen molar-refractivity contribution in [3.05, 3.63) is 102 Å². The highest BCUT2D eigenvalue weighted by Crippen LogP contribution is 2.32. The number of amides is 1. The number of ether oxygens (including phenoxy) is 2. The van der Waals surface area contributed by atoms with Gasteiger partial charge in [0.15, 0.2) is 6.61 Å². The molecule has 0 bridgehead atoms. The first-order chi connectivity index (χ1) is 16.2. The number of fused-ring (bicyclic) bond motifs is 1. The molecule has 33 heavy (non-hydrogen) atoms. The Labute approximate surface area is 191 Å². The predicted molar refractivity (Wildman–Crippen MR) is 125 cm³/mol. The molecular formula is C26H22N4O3. The molecule has 0 spiro atoms. The van der Waals surface area contributed by atoms with E-state index in [9.17, 15) is 4.79 Å². The molecule has 1 N–H and O–H groups in total. The average molecular weight is 438 g/mol. The van der Waals surface area contributed by atoms with Crippen LogP contribution in [-0.4, -0.2) is 34.8 Å². The summed E-state index contributed by atoms with van der Waals surface area (Å²) in [4.78, 5) is 13.3. The molecule has 1 aliphatic heterocycles. The maximum absolute atomic E-state index is 13.3. The number of aromatic nitrogens is 2. The fraction of sp³-hybridized carbons (Fsp3) is 0.115. The third kappa shape index (κ3) is 4.21. The van der Waals surface area contributed by atoms with E-state index >= 15 is 0 Å². The predicted octanol–water partition coefficient (Wildman–Crippen LogP) is 4.15. The van der Waals surface area contributed by atoms with Gasteiger partial charge in [-0.15, -0.1) is 5.10 Å². The lowest BCUT2D eigenvalue weighted by Gasteiger charge is -2.25. The van der Waals surface area contributed by atoms with Crippen LogP contribution in [0, 0.1) is 0 Å². The lowest BCUT2D eigenvalue weighted by atomic mass is 10.0. The third-order valence-corrected chi connectivity index (χ3v) is 5.52. The van der Waals surface area contributed by atoms with Gasteiger partial charge in [0.05, 0.1) is 25.0 Å². The zero-order valence-electron chi connectivity index (χ0n) is 18.0. The Bertz CT molecular complexity index is 1300. The van der Waals surface area contributed by atoms with Crippen molar-refractivity contribution >= 4 is 22.4 Å². The van der Waals surface area contributed by atoms with Gasteiger partial charge in [0.25, 0.3) is 5.91 Å². The number of methoxy groups -OCH3 is 1. The summed E-state index contributed by atoms with van der Waals surface area (Å²) in [5, 5.41) is 11.4. The van der Waals surface area contributed by atoms with E-state index in [0.717, 1.165) is 33.3 Å². The smallest absolute Gasteiger partial charge is 0.279 e. The molecule has 1 aliphatic rings. The van der Waals surface area contributed by atoms with E-state index in [1.807, 2.05) is 84.9 Å². The van der Waals surface area contributed by atoms with Crippen LogP contribution < -0.4 is 14.9 Å². The largest absolute Gasteiger partial charge is 0.497 e. The van der Waals surface area contributed by atoms with Gasteiger partial charge in [0, 0.05) is 10.8 Å². The summed E-state index contributed by atoms with van der Waals surface area (Å²) in [7, 11) is 1.63. The number of hydrazine groups is 1. The Balaban J connectivity index is 1.40. The summed E-state index contributed by atoms with van der Waals surface area (Å²) < 4.78 is 11.1. The molecule has 4 aromatic rings. The summed E-state index contributed by atoms with van der Waals surface area (Å²) in [5.74, 6) is 0.860. The van der Waals surface area contributed by atoms with Gasteiger partial charge >= 0.3 is 0 Å². The van der Waals surface area contributed by atoms with Crippen LogP contribution in [0.3, 0.4) is 0 Å². The Morgan fingerprint density at radius 1 is 1.00 bits per heavy atom. The maximum atomic E-state index is 13.3.